The molecule has 0 aliphatic carbocycles. The number of nitrogens with zero attached hydrogens (tertiary/aromatic N) is 1. The number of carbonyl (C=O) groups is 1. The number of hydrogen-bond acceptors (Lipinski definition) is 3. The molecule has 0 saturated carbocycles. The maximum absolute atomic E-state index is 13.1. The number of methoxy groups -OCH3 is 1. The zero-order valence-corrected chi connectivity index (χ0v) is 16.3. The van der Waals surface area contributed by atoms with Gasteiger partial charge in [0.05, 0.1) is 18.4 Å². The number of ether oxygens (including phenoxy) is 1. The van der Waals surface area contributed by atoms with Crippen molar-refractivity contribution >= 4 is 34.0 Å². The molecular formula is C23H17ClN2O3. The first-order valence-electron chi connectivity index (χ1n) is 8.92. The maximum atomic E-state index is 13.1. The lowest BCUT2D eigenvalue weighted by atomic mass is 10.1. The SMILES string of the molecule is COc1cccc(-n2cc(C(=O)Nc3cccc(Cl)c3)c3ccccc3c2=O)c1. The molecule has 6 heteroatoms. The normalized spacial score (nSPS) is 10.7. The number of rotatable bonds is 4. The number of halogens is 1. The Morgan fingerprint density at radius 3 is 2.48 bits per heavy atom. The lowest BCUT2D eigenvalue weighted by Gasteiger charge is -2.13. The molecule has 0 radical (unpaired) electrons. The molecule has 1 aromatic heterocycles. The molecule has 0 saturated heterocycles. The minimum atomic E-state index is -0.333. The number of benzene rings is 3. The summed E-state index contributed by atoms with van der Waals surface area (Å²) in [4.78, 5) is 26.1. The molecule has 0 atom stereocenters. The van der Waals surface area contributed by atoms with E-state index in [1.54, 1.807) is 86.1 Å². The smallest absolute Gasteiger partial charge is 0.262 e. The van der Waals surface area contributed by atoms with Gasteiger partial charge < -0.3 is 10.1 Å². The number of pyridine rings is 1. The summed E-state index contributed by atoms with van der Waals surface area (Å²) in [6.07, 6.45) is 1.55. The molecule has 1 amide bonds. The van der Waals surface area contributed by atoms with Gasteiger partial charge in [0.1, 0.15) is 5.75 Å². The van der Waals surface area contributed by atoms with Crippen LogP contribution in [0.4, 0.5) is 5.69 Å². The van der Waals surface area contributed by atoms with E-state index in [0.717, 1.165) is 0 Å². The van der Waals surface area contributed by atoms with Crippen LogP contribution in [0.15, 0.2) is 83.8 Å². The molecule has 4 rings (SSSR count). The molecular weight excluding hydrogens is 388 g/mol. The highest BCUT2D eigenvalue weighted by Crippen LogP contribution is 2.22. The second-order valence-corrected chi connectivity index (χ2v) is 6.87. The molecule has 29 heavy (non-hydrogen) atoms. The van der Waals surface area contributed by atoms with Crippen LogP contribution in [0.2, 0.25) is 5.02 Å². The van der Waals surface area contributed by atoms with Crippen LogP contribution < -0.4 is 15.6 Å². The molecule has 144 valence electrons. The van der Waals surface area contributed by atoms with Crippen molar-refractivity contribution in [3.63, 3.8) is 0 Å². The highest BCUT2D eigenvalue weighted by molar-refractivity contribution is 6.31. The lowest BCUT2D eigenvalue weighted by molar-refractivity contribution is 0.102. The standard InChI is InChI=1S/C23H17ClN2O3/c1-29-18-9-5-8-17(13-18)26-14-21(19-10-2-3-11-20(19)23(26)28)22(27)25-16-7-4-6-15(24)12-16/h2-14H,1H3,(H,25,27). The van der Waals surface area contributed by atoms with E-state index >= 15 is 0 Å². The average Bonchev–Trinajstić information content (AvgIpc) is 2.74. The predicted molar refractivity (Wildman–Crippen MR) is 116 cm³/mol. The number of anilines is 1. The molecule has 0 aliphatic rings. The summed E-state index contributed by atoms with van der Waals surface area (Å²) in [5, 5.41) is 4.40. The van der Waals surface area contributed by atoms with E-state index in [1.165, 1.54) is 4.57 Å². The summed E-state index contributed by atoms with van der Waals surface area (Å²) in [5.41, 5.74) is 1.35. The van der Waals surface area contributed by atoms with Crippen molar-refractivity contribution < 1.29 is 9.53 Å². The molecule has 0 aliphatic heterocycles. The van der Waals surface area contributed by atoms with Crippen molar-refractivity contribution in [1.82, 2.24) is 4.57 Å². The Labute approximate surface area is 172 Å². The van der Waals surface area contributed by atoms with Crippen molar-refractivity contribution in [1.29, 1.82) is 0 Å². The highest BCUT2D eigenvalue weighted by atomic mass is 35.5. The molecule has 0 spiro atoms. The van der Waals surface area contributed by atoms with Crippen LogP contribution >= 0.6 is 11.6 Å². The van der Waals surface area contributed by atoms with Crippen LogP contribution in [0.1, 0.15) is 10.4 Å². The topological polar surface area (TPSA) is 60.3 Å². The van der Waals surface area contributed by atoms with Gasteiger partial charge in [-0.25, -0.2) is 0 Å². The van der Waals surface area contributed by atoms with Crippen LogP contribution in [0.25, 0.3) is 16.5 Å². The Morgan fingerprint density at radius 1 is 0.966 bits per heavy atom. The molecule has 5 nitrogen and oxygen atoms in total. The van der Waals surface area contributed by atoms with Gasteiger partial charge in [-0.05, 0) is 36.4 Å². The third kappa shape index (κ3) is 3.73. The fraction of sp³-hybridized carbons (Fsp3) is 0.0435. The fourth-order valence-electron chi connectivity index (χ4n) is 3.19. The van der Waals surface area contributed by atoms with Gasteiger partial charge in [0.15, 0.2) is 0 Å². The Kier molecular flexibility index (Phi) is 5.06. The third-order valence-corrected chi connectivity index (χ3v) is 4.82. The van der Waals surface area contributed by atoms with E-state index in [9.17, 15) is 9.59 Å². The summed E-state index contributed by atoms with van der Waals surface area (Å²) in [7, 11) is 1.56. The number of aromatic nitrogens is 1. The van der Waals surface area contributed by atoms with Gasteiger partial charge in [-0.15, -0.1) is 0 Å². The van der Waals surface area contributed by atoms with Gasteiger partial charge in [-0.1, -0.05) is 41.9 Å². The van der Waals surface area contributed by atoms with Crippen molar-refractivity contribution in [3.05, 3.63) is 99.9 Å². The second-order valence-electron chi connectivity index (χ2n) is 6.43. The lowest BCUT2D eigenvalue weighted by Crippen LogP contribution is -2.22. The van der Waals surface area contributed by atoms with Gasteiger partial charge >= 0.3 is 0 Å². The number of fused-ring (bicyclic) bond motifs is 1. The monoisotopic (exact) mass is 404 g/mol. The van der Waals surface area contributed by atoms with Gasteiger partial charge in [-0.2, -0.15) is 0 Å². The Hall–Kier alpha value is -3.57. The molecule has 3 aromatic carbocycles. The summed E-state index contributed by atoms with van der Waals surface area (Å²) in [6.45, 7) is 0. The average molecular weight is 405 g/mol. The van der Waals surface area contributed by atoms with Gasteiger partial charge in [0, 0.05) is 33.7 Å². The van der Waals surface area contributed by atoms with Gasteiger partial charge in [0.25, 0.3) is 11.5 Å². The van der Waals surface area contributed by atoms with Crippen molar-refractivity contribution in [2.75, 3.05) is 12.4 Å². The molecule has 0 fully saturated rings. The van der Waals surface area contributed by atoms with Crippen LogP contribution in [0.3, 0.4) is 0 Å². The second kappa shape index (κ2) is 7.81. The number of hydrogen-bond donors (Lipinski definition) is 1. The van der Waals surface area contributed by atoms with E-state index < -0.39 is 0 Å². The largest absolute Gasteiger partial charge is 0.497 e. The minimum absolute atomic E-state index is 0.215. The predicted octanol–water partition coefficient (Wildman–Crippen LogP) is 4.91. The number of nitrogens with one attached hydrogen (secondary N) is 1. The van der Waals surface area contributed by atoms with E-state index in [0.29, 0.717) is 38.5 Å². The van der Waals surface area contributed by atoms with Crippen LogP contribution in [-0.2, 0) is 0 Å². The van der Waals surface area contributed by atoms with Gasteiger partial charge in [0.2, 0.25) is 0 Å². The van der Waals surface area contributed by atoms with Crippen molar-refractivity contribution in [2.45, 2.75) is 0 Å². The first-order valence-corrected chi connectivity index (χ1v) is 9.30. The van der Waals surface area contributed by atoms with Crippen LogP contribution in [-0.4, -0.2) is 17.6 Å². The van der Waals surface area contributed by atoms with Crippen molar-refractivity contribution in [3.8, 4) is 11.4 Å². The van der Waals surface area contributed by atoms with Crippen LogP contribution in [0, 0.1) is 0 Å². The zero-order valence-electron chi connectivity index (χ0n) is 15.6. The molecule has 1 heterocycles. The number of amides is 1. The molecule has 4 aromatic rings. The zero-order chi connectivity index (χ0) is 20.4. The summed E-state index contributed by atoms with van der Waals surface area (Å²) in [6, 6.07) is 21.1. The van der Waals surface area contributed by atoms with Crippen molar-refractivity contribution in [2.24, 2.45) is 0 Å². The minimum Gasteiger partial charge on any atom is -0.497 e. The maximum Gasteiger partial charge on any atom is 0.262 e. The van der Waals surface area contributed by atoms with Crippen LogP contribution in [0.5, 0.6) is 5.75 Å². The summed E-state index contributed by atoms with van der Waals surface area (Å²) in [5.74, 6) is 0.285. The quantitative estimate of drug-likeness (QED) is 0.526. The van der Waals surface area contributed by atoms with E-state index in [-0.39, 0.29) is 11.5 Å². The Bertz CT molecular complexity index is 1280. The first-order chi connectivity index (χ1) is 14.1. The van der Waals surface area contributed by atoms with E-state index in [4.69, 9.17) is 16.3 Å². The summed E-state index contributed by atoms with van der Waals surface area (Å²) < 4.78 is 6.72. The molecule has 0 unspecified atom stereocenters. The van der Waals surface area contributed by atoms with E-state index in [1.807, 2.05) is 0 Å². The van der Waals surface area contributed by atoms with E-state index in [2.05, 4.69) is 5.32 Å². The fourth-order valence-corrected chi connectivity index (χ4v) is 3.38. The number of carbonyl (C=O) groups excluding carboxylic acids is 1. The highest BCUT2D eigenvalue weighted by Gasteiger charge is 2.16. The first kappa shape index (κ1) is 18.8. The Balaban J connectivity index is 1.88. The van der Waals surface area contributed by atoms with Gasteiger partial charge in [-0.3, -0.25) is 14.2 Å². The molecule has 0 bridgehead atoms. The molecule has 1 N–H and O–H groups in total. The Morgan fingerprint density at radius 2 is 1.72 bits per heavy atom. The third-order valence-electron chi connectivity index (χ3n) is 4.58. The summed E-state index contributed by atoms with van der Waals surface area (Å²) >= 11 is 6.02.